The van der Waals surface area contributed by atoms with Crippen molar-refractivity contribution in [3.8, 4) is 0 Å². The number of carbonyl (C=O) groups is 3. The number of Topliss-reactive ketones (excluding diaryl/α,β-unsaturated/α-hetero) is 1. The van der Waals surface area contributed by atoms with Crippen molar-refractivity contribution in [2.45, 2.75) is 31.7 Å². The fourth-order valence-corrected chi connectivity index (χ4v) is 4.03. The number of hydrogen-bond acceptors (Lipinski definition) is 6. The number of carbonyl (C=O) groups excluding carboxylic acids is 1. The number of carboxylic acid groups (broad SMARTS) is 2. The van der Waals surface area contributed by atoms with Gasteiger partial charge in [-0.1, -0.05) is 36.4 Å². The van der Waals surface area contributed by atoms with Crippen LogP contribution in [0, 0.1) is 0 Å². The molecule has 0 spiro atoms. The third kappa shape index (κ3) is 5.82. The quantitative estimate of drug-likeness (QED) is 0.425. The van der Waals surface area contributed by atoms with Gasteiger partial charge in [0.2, 0.25) is 5.78 Å². The molecule has 8 heteroatoms. The monoisotopic (exact) mass is 466 g/mol. The Morgan fingerprint density at radius 3 is 1.97 bits per heavy atom. The van der Waals surface area contributed by atoms with E-state index in [-0.39, 0.29) is 36.0 Å². The summed E-state index contributed by atoms with van der Waals surface area (Å²) in [6, 6.07) is 7.25. The Labute approximate surface area is 198 Å². The van der Waals surface area contributed by atoms with Crippen LogP contribution in [0.4, 0.5) is 5.69 Å². The first-order chi connectivity index (χ1) is 16.2. The average Bonchev–Trinajstić information content (AvgIpc) is 2.79. The van der Waals surface area contributed by atoms with Crippen LogP contribution in [0.15, 0.2) is 65.5 Å². The minimum Gasteiger partial charge on any atom is -0.506 e. The molecule has 0 aromatic heterocycles. The Morgan fingerprint density at radius 2 is 1.44 bits per heavy atom. The van der Waals surface area contributed by atoms with E-state index in [0.29, 0.717) is 42.6 Å². The molecular weight excluding hydrogens is 436 g/mol. The molecule has 34 heavy (non-hydrogen) atoms. The first-order valence-corrected chi connectivity index (χ1v) is 11.2. The summed E-state index contributed by atoms with van der Waals surface area (Å²) in [4.78, 5) is 38.2. The highest BCUT2D eigenvalue weighted by atomic mass is 16.4. The van der Waals surface area contributed by atoms with Gasteiger partial charge in [-0.05, 0) is 49.7 Å². The third-order valence-electron chi connectivity index (χ3n) is 6.05. The molecule has 180 valence electrons. The second-order valence-corrected chi connectivity index (χ2v) is 8.54. The number of nitrogens with zero attached hydrogens (tertiary/aromatic N) is 2. The lowest BCUT2D eigenvalue weighted by molar-refractivity contribution is -0.138. The zero-order valence-electron chi connectivity index (χ0n) is 19.4. The second kappa shape index (κ2) is 11.0. The molecule has 2 aliphatic carbocycles. The van der Waals surface area contributed by atoms with Crippen LogP contribution >= 0.6 is 0 Å². The Kier molecular flexibility index (Phi) is 8.07. The number of allylic oxidation sites excluding steroid dienone is 5. The summed E-state index contributed by atoms with van der Waals surface area (Å²) in [5, 5.41) is 28.2. The van der Waals surface area contributed by atoms with Crippen molar-refractivity contribution in [1.29, 1.82) is 0 Å². The van der Waals surface area contributed by atoms with E-state index in [1.54, 1.807) is 12.1 Å². The summed E-state index contributed by atoms with van der Waals surface area (Å²) in [6.07, 6.45) is 8.81. The van der Waals surface area contributed by atoms with E-state index >= 15 is 0 Å². The summed E-state index contributed by atoms with van der Waals surface area (Å²) < 4.78 is 0. The van der Waals surface area contributed by atoms with Crippen LogP contribution in [0.5, 0.6) is 0 Å². The van der Waals surface area contributed by atoms with E-state index in [9.17, 15) is 19.5 Å². The summed E-state index contributed by atoms with van der Waals surface area (Å²) >= 11 is 0. The van der Waals surface area contributed by atoms with Crippen molar-refractivity contribution < 1.29 is 29.7 Å². The van der Waals surface area contributed by atoms with Gasteiger partial charge in [0.25, 0.3) is 0 Å². The average molecular weight is 467 g/mol. The maximum atomic E-state index is 12.8. The van der Waals surface area contributed by atoms with Crippen LogP contribution < -0.4 is 4.90 Å². The number of benzene rings is 1. The molecule has 0 saturated heterocycles. The standard InChI is InChI=1S/C26H30N2O6/c1-27(15-3-5-21(29)30)19-11-7-17(8-12-19)23-25(33)24(26(23)34)18-9-13-20(14-10-18)28(2)16-4-6-22(31)32/h7-14,19,33H,3-6,15-16H2,1-2H3,(H,29,30)(H,31,32). The Balaban J connectivity index is 1.65. The van der Waals surface area contributed by atoms with Crippen LogP contribution in [0.1, 0.15) is 31.2 Å². The molecular formula is C26H30N2O6. The number of rotatable bonds is 11. The molecule has 3 N–H and O–H groups in total. The predicted molar refractivity (Wildman–Crippen MR) is 130 cm³/mol. The summed E-state index contributed by atoms with van der Waals surface area (Å²) in [7, 11) is 3.79. The van der Waals surface area contributed by atoms with E-state index in [1.807, 2.05) is 60.3 Å². The number of likely N-dealkylation sites (N-methyl/N-ethyl adjacent to an activating group) is 1. The SMILES string of the molecule is CN(CCCC(=O)O)c1ccc(C2=C(O)C(=C3C=CC(N(C)CCCC(=O)O)C=C3)C2=O)cc1. The first kappa shape index (κ1) is 25.0. The molecule has 0 bridgehead atoms. The molecule has 0 aliphatic heterocycles. The smallest absolute Gasteiger partial charge is 0.303 e. The predicted octanol–water partition coefficient (Wildman–Crippen LogP) is 3.43. The van der Waals surface area contributed by atoms with Crippen LogP contribution in [0.2, 0.25) is 0 Å². The molecule has 8 nitrogen and oxygen atoms in total. The lowest BCUT2D eigenvalue weighted by Gasteiger charge is -2.27. The van der Waals surface area contributed by atoms with E-state index in [2.05, 4.69) is 0 Å². The number of aliphatic hydroxyl groups excluding tert-OH is 1. The van der Waals surface area contributed by atoms with E-state index < -0.39 is 11.9 Å². The minimum absolute atomic E-state index is 0.000973. The Hall–Kier alpha value is -3.65. The highest BCUT2D eigenvalue weighted by molar-refractivity contribution is 6.39. The van der Waals surface area contributed by atoms with Crippen LogP contribution in [-0.4, -0.2) is 71.2 Å². The van der Waals surface area contributed by atoms with Gasteiger partial charge in [0.15, 0.2) is 0 Å². The molecule has 1 aromatic carbocycles. The van der Waals surface area contributed by atoms with Gasteiger partial charge in [-0.15, -0.1) is 0 Å². The highest BCUT2D eigenvalue weighted by Crippen LogP contribution is 2.39. The van der Waals surface area contributed by atoms with Crippen LogP contribution in [-0.2, 0) is 14.4 Å². The Bertz CT molecular complexity index is 1070. The van der Waals surface area contributed by atoms with E-state index in [1.165, 1.54) is 0 Å². The summed E-state index contributed by atoms with van der Waals surface area (Å²) in [6.45, 7) is 1.24. The lowest BCUT2D eigenvalue weighted by Crippen LogP contribution is -2.31. The van der Waals surface area contributed by atoms with Crippen molar-refractivity contribution in [2.24, 2.45) is 0 Å². The zero-order chi connectivity index (χ0) is 24.8. The number of aliphatic hydroxyl groups is 1. The van der Waals surface area contributed by atoms with Gasteiger partial charge >= 0.3 is 11.9 Å². The maximum Gasteiger partial charge on any atom is 0.303 e. The molecule has 0 atom stereocenters. The van der Waals surface area contributed by atoms with Crippen LogP contribution in [0.3, 0.4) is 0 Å². The number of anilines is 1. The number of hydrogen-bond donors (Lipinski definition) is 3. The zero-order valence-corrected chi connectivity index (χ0v) is 19.4. The number of aliphatic carboxylic acids is 2. The molecule has 0 saturated carbocycles. The van der Waals surface area contributed by atoms with Gasteiger partial charge < -0.3 is 20.2 Å². The lowest BCUT2D eigenvalue weighted by atomic mass is 9.80. The molecule has 1 aromatic rings. The van der Waals surface area contributed by atoms with Crippen molar-refractivity contribution in [3.05, 3.63) is 71.0 Å². The minimum atomic E-state index is -0.819. The van der Waals surface area contributed by atoms with Gasteiger partial charge in [0.1, 0.15) is 5.76 Å². The Morgan fingerprint density at radius 1 is 0.882 bits per heavy atom. The number of carboxylic acids is 2. The molecule has 0 radical (unpaired) electrons. The van der Waals surface area contributed by atoms with Crippen molar-refractivity contribution in [2.75, 3.05) is 32.1 Å². The third-order valence-corrected chi connectivity index (χ3v) is 6.05. The van der Waals surface area contributed by atoms with Crippen LogP contribution in [0.25, 0.3) is 5.57 Å². The van der Waals surface area contributed by atoms with Gasteiger partial charge in [-0.2, -0.15) is 0 Å². The summed E-state index contributed by atoms with van der Waals surface area (Å²) in [5.74, 6) is -1.86. The maximum absolute atomic E-state index is 12.8. The molecule has 3 rings (SSSR count). The van der Waals surface area contributed by atoms with E-state index in [4.69, 9.17) is 10.2 Å². The van der Waals surface area contributed by atoms with E-state index in [0.717, 1.165) is 5.69 Å². The van der Waals surface area contributed by atoms with Gasteiger partial charge in [-0.25, -0.2) is 0 Å². The molecule has 2 aliphatic rings. The molecule has 0 fully saturated rings. The summed E-state index contributed by atoms with van der Waals surface area (Å²) in [5.41, 5.74) is 2.77. The largest absolute Gasteiger partial charge is 0.506 e. The number of ketones is 1. The molecule has 0 amide bonds. The topological polar surface area (TPSA) is 118 Å². The molecule has 0 heterocycles. The van der Waals surface area contributed by atoms with Gasteiger partial charge in [0.05, 0.1) is 11.1 Å². The second-order valence-electron chi connectivity index (χ2n) is 8.54. The van der Waals surface area contributed by atoms with Crippen molar-refractivity contribution in [3.63, 3.8) is 0 Å². The fourth-order valence-electron chi connectivity index (χ4n) is 4.03. The highest BCUT2D eigenvalue weighted by Gasteiger charge is 2.36. The van der Waals surface area contributed by atoms with Crippen molar-refractivity contribution in [1.82, 2.24) is 4.90 Å². The first-order valence-electron chi connectivity index (χ1n) is 11.2. The molecule has 0 unspecified atom stereocenters. The normalized spacial score (nSPS) is 17.4. The van der Waals surface area contributed by atoms with Gasteiger partial charge in [0, 0.05) is 38.2 Å². The fraction of sp³-hybridized carbons (Fsp3) is 0.346. The van der Waals surface area contributed by atoms with Crippen molar-refractivity contribution >= 4 is 29.0 Å². The van der Waals surface area contributed by atoms with Gasteiger partial charge in [-0.3, -0.25) is 19.3 Å².